The van der Waals surface area contributed by atoms with E-state index in [1.165, 1.54) is 7.11 Å². The fraction of sp³-hybridized carbons (Fsp3) is 0.529. The normalized spacial score (nSPS) is 13.0. The SMILES string of the molecule is CCO[C@@H](C)C(=O)Nc1ccc(NC(=O)[C@H](C)OCC)c(OC)c1. The number of anilines is 2. The summed E-state index contributed by atoms with van der Waals surface area (Å²) in [6.07, 6.45) is -1.11. The minimum absolute atomic E-state index is 0.249. The molecule has 0 unspecified atom stereocenters. The molecule has 1 rings (SSSR count). The largest absolute Gasteiger partial charge is 0.494 e. The highest BCUT2D eigenvalue weighted by Crippen LogP contribution is 2.28. The number of benzene rings is 1. The number of nitrogens with one attached hydrogen (secondary N) is 2. The van der Waals surface area contributed by atoms with Crippen LogP contribution in [-0.2, 0) is 19.1 Å². The molecule has 0 saturated heterocycles. The van der Waals surface area contributed by atoms with E-state index in [1.54, 1.807) is 32.0 Å². The number of carbonyl (C=O) groups excluding carboxylic acids is 2. The molecule has 0 aliphatic carbocycles. The Hall–Kier alpha value is -2.12. The van der Waals surface area contributed by atoms with E-state index in [0.717, 1.165) is 0 Å². The molecule has 0 bridgehead atoms. The number of carbonyl (C=O) groups is 2. The quantitative estimate of drug-likeness (QED) is 0.722. The molecule has 134 valence electrons. The maximum absolute atomic E-state index is 12.0. The summed E-state index contributed by atoms with van der Waals surface area (Å²) in [5.41, 5.74) is 1.06. The molecule has 0 fully saturated rings. The van der Waals surface area contributed by atoms with Crippen molar-refractivity contribution < 1.29 is 23.8 Å². The third-order valence-corrected chi connectivity index (χ3v) is 3.30. The Morgan fingerprint density at radius 1 is 1.00 bits per heavy atom. The Bertz CT molecular complexity index is 562. The van der Waals surface area contributed by atoms with Gasteiger partial charge in [-0.25, -0.2) is 0 Å². The molecule has 2 N–H and O–H groups in total. The molecule has 0 radical (unpaired) electrons. The van der Waals surface area contributed by atoms with E-state index in [2.05, 4.69) is 10.6 Å². The van der Waals surface area contributed by atoms with E-state index in [-0.39, 0.29) is 11.8 Å². The summed E-state index contributed by atoms with van der Waals surface area (Å²) in [7, 11) is 1.49. The van der Waals surface area contributed by atoms with E-state index in [9.17, 15) is 9.59 Å². The van der Waals surface area contributed by atoms with E-state index in [0.29, 0.717) is 30.3 Å². The van der Waals surface area contributed by atoms with Crippen molar-refractivity contribution in [1.29, 1.82) is 0 Å². The van der Waals surface area contributed by atoms with Gasteiger partial charge in [0.25, 0.3) is 11.8 Å². The van der Waals surface area contributed by atoms with Crippen LogP contribution >= 0.6 is 0 Å². The average Bonchev–Trinajstić information content (AvgIpc) is 2.56. The second kappa shape index (κ2) is 9.89. The molecule has 7 nitrogen and oxygen atoms in total. The van der Waals surface area contributed by atoms with Crippen LogP contribution in [0.5, 0.6) is 5.75 Å². The number of rotatable bonds is 9. The molecule has 0 aromatic heterocycles. The standard InChI is InChI=1S/C17H26N2O5/c1-6-23-11(3)16(20)18-13-8-9-14(15(10-13)22-5)19-17(21)12(4)24-7-2/h8-12H,6-7H2,1-5H3,(H,18,20)(H,19,21)/t11-,12-/m0/s1. The molecule has 2 amide bonds. The smallest absolute Gasteiger partial charge is 0.253 e. The van der Waals surface area contributed by atoms with Gasteiger partial charge in [-0.3, -0.25) is 9.59 Å². The molecular weight excluding hydrogens is 312 g/mol. The lowest BCUT2D eigenvalue weighted by atomic mass is 10.2. The second-order valence-corrected chi connectivity index (χ2v) is 5.09. The lowest BCUT2D eigenvalue weighted by molar-refractivity contribution is -0.126. The van der Waals surface area contributed by atoms with Crippen molar-refractivity contribution in [2.75, 3.05) is 31.0 Å². The van der Waals surface area contributed by atoms with Gasteiger partial charge in [-0.1, -0.05) is 0 Å². The van der Waals surface area contributed by atoms with Crippen LogP contribution in [0, 0.1) is 0 Å². The van der Waals surface area contributed by atoms with Crippen LogP contribution in [0.15, 0.2) is 18.2 Å². The minimum atomic E-state index is -0.564. The summed E-state index contributed by atoms with van der Waals surface area (Å²) < 4.78 is 15.8. The van der Waals surface area contributed by atoms with E-state index < -0.39 is 12.2 Å². The Labute approximate surface area is 142 Å². The molecular formula is C17H26N2O5. The van der Waals surface area contributed by atoms with Crippen molar-refractivity contribution in [3.63, 3.8) is 0 Å². The number of hydrogen-bond acceptors (Lipinski definition) is 5. The minimum Gasteiger partial charge on any atom is -0.494 e. The number of ether oxygens (including phenoxy) is 3. The monoisotopic (exact) mass is 338 g/mol. The van der Waals surface area contributed by atoms with Gasteiger partial charge >= 0.3 is 0 Å². The topological polar surface area (TPSA) is 85.9 Å². The molecule has 0 aliphatic rings. The van der Waals surface area contributed by atoms with E-state index >= 15 is 0 Å². The van der Waals surface area contributed by atoms with Crippen LogP contribution in [0.4, 0.5) is 11.4 Å². The van der Waals surface area contributed by atoms with Crippen molar-refractivity contribution in [2.45, 2.75) is 39.9 Å². The Morgan fingerprint density at radius 2 is 1.54 bits per heavy atom. The van der Waals surface area contributed by atoms with Gasteiger partial charge in [0, 0.05) is 25.0 Å². The highest BCUT2D eigenvalue weighted by atomic mass is 16.5. The summed E-state index contributed by atoms with van der Waals surface area (Å²) in [4.78, 5) is 24.0. The zero-order chi connectivity index (χ0) is 18.1. The van der Waals surface area contributed by atoms with Gasteiger partial charge in [-0.05, 0) is 39.8 Å². The maximum atomic E-state index is 12.0. The zero-order valence-corrected chi connectivity index (χ0v) is 14.8. The fourth-order valence-electron chi connectivity index (χ4n) is 2.00. The van der Waals surface area contributed by atoms with Gasteiger partial charge < -0.3 is 24.8 Å². The van der Waals surface area contributed by atoms with E-state index in [1.807, 2.05) is 13.8 Å². The number of methoxy groups -OCH3 is 1. The summed E-state index contributed by atoms with van der Waals surface area (Å²) in [6, 6.07) is 4.98. The van der Waals surface area contributed by atoms with Crippen LogP contribution in [0.3, 0.4) is 0 Å². The average molecular weight is 338 g/mol. The summed E-state index contributed by atoms with van der Waals surface area (Å²) >= 11 is 0. The highest BCUT2D eigenvalue weighted by molar-refractivity contribution is 5.97. The summed E-state index contributed by atoms with van der Waals surface area (Å²) in [5.74, 6) is -0.0773. The number of amides is 2. The molecule has 0 spiro atoms. The van der Waals surface area contributed by atoms with Crippen molar-refractivity contribution in [1.82, 2.24) is 0 Å². The van der Waals surface area contributed by atoms with Crippen molar-refractivity contribution >= 4 is 23.2 Å². The van der Waals surface area contributed by atoms with Crippen LogP contribution in [0.2, 0.25) is 0 Å². The lowest BCUT2D eigenvalue weighted by Crippen LogP contribution is -2.28. The van der Waals surface area contributed by atoms with Crippen molar-refractivity contribution in [2.24, 2.45) is 0 Å². The number of hydrogen-bond donors (Lipinski definition) is 2. The molecule has 7 heteroatoms. The summed E-state index contributed by atoms with van der Waals surface area (Å²) in [6.45, 7) is 7.92. The van der Waals surface area contributed by atoms with Crippen LogP contribution in [0.25, 0.3) is 0 Å². The molecule has 0 heterocycles. The first-order valence-corrected chi connectivity index (χ1v) is 7.95. The summed E-state index contributed by atoms with van der Waals surface area (Å²) in [5, 5.41) is 5.49. The Balaban J connectivity index is 2.81. The third kappa shape index (κ3) is 5.82. The van der Waals surface area contributed by atoms with Gasteiger partial charge in [-0.15, -0.1) is 0 Å². The van der Waals surface area contributed by atoms with Crippen molar-refractivity contribution in [3.8, 4) is 5.75 Å². The molecule has 0 saturated carbocycles. The first kappa shape index (κ1) is 19.9. The Kier molecular flexibility index (Phi) is 8.21. The zero-order valence-electron chi connectivity index (χ0n) is 14.8. The Morgan fingerprint density at radius 3 is 2.04 bits per heavy atom. The van der Waals surface area contributed by atoms with Crippen LogP contribution in [0.1, 0.15) is 27.7 Å². The predicted molar refractivity (Wildman–Crippen MR) is 92.4 cm³/mol. The van der Waals surface area contributed by atoms with E-state index in [4.69, 9.17) is 14.2 Å². The third-order valence-electron chi connectivity index (χ3n) is 3.30. The molecule has 1 aromatic carbocycles. The second-order valence-electron chi connectivity index (χ2n) is 5.09. The maximum Gasteiger partial charge on any atom is 0.253 e. The first-order valence-electron chi connectivity index (χ1n) is 7.95. The molecule has 0 aliphatic heterocycles. The van der Waals surface area contributed by atoms with Gasteiger partial charge in [0.05, 0.1) is 12.8 Å². The molecule has 2 atom stereocenters. The molecule has 1 aromatic rings. The van der Waals surface area contributed by atoms with Gasteiger partial charge in [-0.2, -0.15) is 0 Å². The van der Waals surface area contributed by atoms with Gasteiger partial charge in [0.15, 0.2) is 0 Å². The van der Waals surface area contributed by atoms with Crippen molar-refractivity contribution in [3.05, 3.63) is 18.2 Å². The highest BCUT2D eigenvalue weighted by Gasteiger charge is 2.17. The first-order chi connectivity index (χ1) is 11.4. The van der Waals surface area contributed by atoms with Crippen LogP contribution < -0.4 is 15.4 Å². The predicted octanol–water partition coefficient (Wildman–Crippen LogP) is 2.42. The van der Waals surface area contributed by atoms with Gasteiger partial charge in [0.1, 0.15) is 18.0 Å². The fourth-order valence-corrected chi connectivity index (χ4v) is 2.00. The lowest BCUT2D eigenvalue weighted by Gasteiger charge is -2.16. The van der Waals surface area contributed by atoms with Gasteiger partial charge in [0.2, 0.25) is 0 Å². The van der Waals surface area contributed by atoms with Crippen LogP contribution in [-0.4, -0.2) is 44.3 Å². The molecule has 24 heavy (non-hydrogen) atoms.